The topological polar surface area (TPSA) is 89.0 Å². The van der Waals surface area contributed by atoms with Crippen LogP contribution < -0.4 is 10.6 Å². The maximum atomic E-state index is 11.8. The molecule has 0 aliphatic rings. The fourth-order valence-corrected chi connectivity index (χ4v) is 2.61. The fourth-order valence-electron chi connectivity index (χ4n) is 2.42. The molecule has 0 amide bonds. The first-order valence-corrected chi connectivity index (χ1v) is 9.08. The predicted octanol–water partition coefficient (Wildman–Crippen LogP) is 3.34. The van der Waals surface area contributed by atoms with Crippen molar-refractivity contribution in [1.29, 1.82) is 0 Å². The summed E-state index contributed by atoms with van der Waals surface area (Å²) in [5, 5.41) is 6.43. The first-order chi connectivity index (χ1) is 13.6. The van der Waals surface area contributed by atoms with Crippen LogP contribution in [0.3, 0.4) is 0 Å². The summed E-state index contributed by atoms with van der Waals surface area (Å²) in [7, 11) is 0. The number of thiocarbonyl (C=S) groups is 1. The third-order valence-corrected chi connectivity index (χ3v) is 3.99. The molecule has 142 valence electrons. The van der Waals surface area contributed by atoms with Crippen LogP contribution in [-0.4, -0.2) is 39.2 Å². The minimum absolute atomic E-state index is 0.339. The average molecular weight is 393 g/mol. The van der Waals surface area contributed by atoms with Crippen molar-refractivity contribution in [2.75, 3.05) is 18.5 Å². The number of esters is 1. The molecule has 0 unspecified atom stereocenters. The number of hydrogen-bond donors (Lipinski definition) is 2. The minimum Gasteiger partial charge on any atom is -0.462 e. The Hall–Kier alpha value is -3.39. The summed E-state index contributed by atoms with van der Waals surface area (Å²) in [6.45, 7) is 6.31. The standard InChI is InChI=1S/C20H19N5O2S/c1-3-11-21-20(28)25-17-10-9-15-18(24-17)23-16(12-22-15)13-5-7-14(8-6-13)19(26)27-4-2/h3,5-10,12H,1,4,11H2,2H3,(H2,21,23,24,25,28). The number of carbonyl (C=O) groups is 1. The van der Waals surface area contributed by atoms with Gasteiger partial charge >= 0.3 is 5.97 Å². The maximum absolute atomic E-state index is 11.8. The lowest BCUT2D eigenvalue weighted by Gasteiger charge is -2.09. The second-order valence-corrected chi connectivity index (χ2v) is 6.12. The minimum atomic E-state index is -0.350. The normalized spacial score (nSPS) is 10.3. The van der Waals surface area contributed by atoms with Gasteiger partial charge in [0, 0.05) is 12.1 Å². The molecule has 3 rings (SSSR count). The number of carbonyl (C=O) groups excluding carboxylic acids is 1. The van der Waals surface area contributed by atoms with E-state index < -0.39 is 0 Å². The summed E-state index contributed by atoms with van der Waals surface area (Å²) in [5.74, 6) is 0.218. The highest BCUT2D eigenvalue weighted by molar-refractivity contribution is 7.80. The molecule has 3 aromatic rings. The predicted molar refractivity (Wildman–Crippen MR) is 113 cm³/mol. The molecule has 2 heterocycles. The van der Waals surface area contributed by atoms with Gasteiger partial charge in [-0.15, -0.1) is 6.58 Å². The van der Waals surface area contributed by atoms with E-state index in [0.29, 0.717) is 46.5 Å². The summed E-state index contributed by atoms with van der Waals surface area (Å²) in [6.07, 6.45) is 3.39. The number of fused-ring (bicyclic) bond motifs is 1. The number of nitrogens with zero attached hydrogens (tertiary/aromatic N) is 3. The highest BCUT2D eigenvalue weighted by Gasteiger charge is 2.09. The summed E-state index contributed by atoms with van der Waals surface area (Å²) >= 11 is 5.19. The Morgan fingerprint density at radius 1 is 1.21 bits per heavy atom. The van der Waals surface area contributed by atoms with Crippen LogP contribution in [0.1, 0.15) is 17.3 Å². The van der Waals surface area contributed by atoms with Crippen LogP contribution in [0.2, 0.25) is 0 Å². The van der Waals surface area contributed by atoms with Gasteiger partial charge in [-0.25, -0.2) is 14.8 Å². The molecular formula is C20H19N5O2S. The van der Waals surface area contributed by atoms with E-state index in [0.717, 1.165) is 5.56 Å². The van der Waals surface area contributed by atoms with Crippen molar-refractivity contribution in [2.24, 2.45) is 0 Å². The van der Waals surface area contributed by atoms with Crippen LogP contribution in [0.15, 0.2) is 55.3 Å². The van der Waals surface area contributed by atoms with Gasteiger partial charge in [-0.05, 0) is 43.4 Å². The molecule has 2 N–H and O–H groups in total. The van der Waals surface area contributed by atoms with Gasteiger partial charge in [-0.3, -0.25) is 4.98 Å². The summed E-state index contributed by atoms with van der Waals surface area (Å²) < 4.78 is 5.00. The van der Waals surface area contributed by atoms with E-state index in [4.69, 9.17) is 17.0 Å². The van der Waals surface area contributed by atoms with Crippen LogP contribution in [0.25, 0.3) is 22.4 Å². The molecule has 7 nitrogen and oxygen atoms in total. The Morgan fingerprint density at radius 3 is 2.71 bits per heavy atom. The molecule has 0 aliphatic carbocycles. The molecule has 0 saturated heterocycles. The average Bonchev–Trinajstić information content (AvgIpc) is 2.72. The van der Waals surface area contributed by atoms with E-state index in [9.17, 15) is 4.79 Å². The number of benzene rings is 1. The quantitative estimate of drug-likeness (QED) is 0.374. The number of ether oxygens (including phenoxy) is 1. The summed E-state index contributed by atoms with van der Waals surface area (Å²) in [5.41, 5.74) is 3.13. The molecule has 0 spiro atoms. The fraction of sp³-hybridized carbons (Fsp3) is 0.150. The van der Waals surface area contributed by atoms with Gasteiger partial charge in [0.1, 0.15) is 11.3 Å². The Labute approximate surface area is 167 Å². The van der Waals surface area contributed by atoms with Crippen molar-refractivity contribution in [1.82, 2.24) is 20.3 Å². The first kappa shape index (κ1) is 19.4. The Bertz CT molecular complexity index is 1020. The molecule has 0 fully saturated rings. The van der Waals surface area contributed by atoms with E-state index in [1.54, 1.807) is 49.5 Å². The van der Waals surface area contributed by atoms with Crippen molar-refractivity contribution in [2.45, 2.75) is 6.92 Å². The van der Waals surface area contributed by atoms with Crippen LogP contribution >= 0.6 is 12.2 Å². The molecule has 0 radical (unpaired) electrons. The number of nitrogens with one attached hydrogen (secondary N) is 2. The van der Waals surface area contributed by atoms with E-state index in [-0.39, 0.29) is 5.97 Å². The smallest absolute Gasteiger partial charge is 0.338 e. The van der Waals surface area contributed by atoms with E-state index >= 15 is 0 Å². The lowest BCUT2D eigenvalue weighted by Crippen LogP contribution is -2.28. The number of rotatable bonds is 6. The van der Waals surface area contributed by atoms with Gasteiger partial charge in [0.15, 0.2) is 10.8 Å². The molecule has 0 bridgehead atoms. The number of hydrogen-bond acceptors (Lipinski definition) is 6. The van der Waals surface area contributed by atoms with Gasteiger partial charge < -0.3 is 15.4 Å². The Kier molecular flexibility index (Phi) is 6.23. The second kappa shape index (κ2) is 9.01. The third kappa shape index (κ3) is 4.66. The monoisotopic (exact) mass is 393 g/mol. The maximum Gasteiger partial charge on any atom is 0.338 e. The molecular weight excluding hydrogens is 374 g/mol. The largest absolute Gasteiger partial charge is 0.462 e. The van der Waals surface area contributed by atoms with Crippen LogP contribution in [0, 0.1) is 0 Å². The van der Waals surface area contributed by atoms with Gasteiger partial charge in [0.25, 0.3) is 0 Å². The van der Waals surface area contributed by atoms with Crippen LogP contribution in [0.5, 0.6) is 0 Å². The summed E-state index contributed by atoms with van der Waals surface area (Å²) in [6, 6.07) is 10.6. The zero-order valence-corrected chi connectivity index (χ0v) is 16.1. The Morgan fingerprint density at radius 2 is 2.00 bits per heavy atom. The SMILES string of the molecule is C=CCNC(=S)Nc1ccc2ncc(-c3ccc(C(=O)OCC)cc3)nc2n1. The van der Waals surface area contributed by atoms with Gasteiger partial charge in [-0.2, -0.15) is 0 Å². The van der Waals surface area contributed by atoms with E-state index in [1.807, 2.05) is 6.07 Å². The van der Waals surface area contributed by atoms with Crippen LogP contribution in [-0.2, 0) is 4.74 Å². The van der Waals surface area contributed by atoms with Crippen molar-refractivity contribution in [3.63, 3.8) is 0 Å². The molecule has 8 heteroatoms. The highest BCUT2D eigenvalue weighted by atomic mass is 32.1. The molecule has 2 aromatic heterocycles. The number of pyridine rings is 1. The lowest BCUT2D eigenvalue weighted by molar-refractivity contribution is 0.0526. The van der Waals surface area contributed by atoms with Crippen molar-refractivity contribution in [3.05, 3.63) is 60.8 Å². The third-order valence-electron chi connectivity index (χ3n) is 3.75. The number of aromatic nitrogens is 3. The zero-order chi connectivity index (χ0) is 19.9. The molecule has 0 atom stereocenters. The van der Waals surface area contributed by atoms with Crippen molar-refractivity contribution < 1.29 is 9.53 Å². The highest BCUT2D eigenvalue weighted by Crippen LogP contribution is 2.20. The van der Waals surface area contributed by atoms with Gasteiger partial charge in [0.05, 0.1) is 24.1 Å². The molecule has 1 aromatic carbocycles. The molecule has 28 heavy (non-hydrogen) atoms. The molecule has 0 saturated carbocycles. The molecule has 0 aliphatic heterocycles. The van der Waals surface area contributed by atoms with E-state index in [2.05, 4.69) is 32.2 Å². The van der Waals surface area contributed by atoms with Crippen LogP contribution in [0.4, 0.5) is 5.82 Å². The number of anilines is 1. The second-order valence-electron chi connectivity index (χ2n) is 5.72. The van der Waals surface area contributed by atoms with E-state index in [1.165, 1.54) is 0 Å². The lowest BCUT2D eigenvalue weighted by atomic mass is 10.1. The van der Waals surface area contributed by atoms with Gasteiger partial charge in [0.2, 0.25) is 0 Å². The zero-order valence-electron chi connectivity index (χ0n) is 15.3. The van der Waals surface area contributed by atoms with Crippen molar-refractivity contribution in [3.8, 4) is 11.3 Å². The first-order valence-electron chi connectivity index (χ1n) is 8.68. The van der Waals surface area contributed by atoms with Crippen molar-refractivity contribution >= 4 is 40.3 Å². The van der Waals surface area contributed by atoms with Gasteiger partial charge in [-0.1, -0.05) is 18.2 Å². The summed E-state index contributed by atoms with van der Waals surface area (Å²) in [4.78, 5) is 25.2. The Balaban J connectivity index is 1.83.